The molecule has 2 aromatic carbocycles. The van der Waals surface area contributed by atoms with Crippen LogP contribution in [0.5, 0.6) is 5.75 Å². The van der Waals surface area contributed by atoms with Gasteiger partial charge >= 0.3 is 0 Å². The molecule has 4 nitrogen and oxygen atoms in total. The van der Waals surface area contributed by atoms with Crippen molar-refractivity contribution in [3.8, 4) is 5.75 Å². The first kappa shape index (κ1) is 22.4. The largest absolute Gasteiger partial charge is 0.492 e. The first-order valence-corrected chi connectivity index (χ1v) is 10.8. The smallest absolute Gasteiger partial charge is 0.197 e. The van der Waals surface area contributed by atoms with Gasteiger partial charge in [-0.15, -0.1) is 0 Å². The van der Waals surface area contributed by atoms with Crippen LogP contribution in [0.1, 0.15) is 68.6 Å². The Hall–Kier alpha value is -2.30. The van der Waals surface area contributed by atoms with Gasteiger partial charge in [-0.1, -0.05) is 43.6 Å². The molecule has 0 spiro atoms. The second kappa shape index (κ2) is 9.23. The maximum Gasteiger partial charge on any atom is 0.197 e. The third-order valence-corrected chi connectivity index (χ3v) is 5.10. The molecule has 5 heteroatoms. The van der Waals surface area contributed by atoms with E-state index in [-0.39, 0.29) is 17.2 Å². The highest BCUT2D eigenvalue weighted by Gasteiger charge is 2.24. The summed E-state index contributed by atoms with van der Waals surface area (Å²) in [6, 6.07) is 12.8. The highest BCUT2D eigenvalue weighted by Crippen LogP contribution is 2.34. The van der Waals surface area contributed by atoms with Gasteiger partial charge in [0.2, 0.25) is 0 Å². The third kappa shape index (κ3) is 5.24. The fourth-order valence-corrected chi connectivity index (χ4v) is 3.56. The summed E-state index contributed by atoms with van der Waals surface area (Å²) in [6.45, 7) is 11.9. The quantitative estimate of drug-likeness (QED) is 0.325. The number of carbonyl (C=O) groups excluding carboxylic acids is 1. The predicted octanol–water partition coefficient (Wildman–Crippen LogP) is 6.60. The molecule has 0 amide bonds. The van der Waals surface area contributed by atoms with Crippen molar-refractivity contribution in [3.05, 3.63) is 64.4 Å². The lowest BCUT2D eigenvalue weighted by Gasteiger charge is -2.20. The Balaban J connectivity index is 1.76. The minimum atomic E-state index is -0.0912. The molecule has 0 fully saturated rings. The van der Waals surface area contributed by atoms with E-state index in [9.17, 15) is 4.79 Å². The van der Waals surface area contributed by atoms with Crippen molar-refractivity contribution in [2.45, 2.75) is 52.5 Å². The Labute approximate surface area is 183 Å². The van der Waals surface area contributed by atoms with Gasteiger partial charge in [-0.3, -0.25) is 4.79 Å². The maximum atomic E-state index is 13.3. The molecule has 30 heavy (non-hydrogen) atoms. The SMILES string of the molecule is CC(C)c1oc2ccccc2c1C(=O)c1ccc(OCCCNC(C)(C)C)c(Cl)c1. The number of para-hydroxylation sites is 1. The molecule has 0 radical (unpaired) electrons. The van der Waals surface area contributed by atoms with Crippen LogP contribution in [0.4, 0.5) is 0 Å². The molecule has 3 aromatic rings. The van der Waals surface area contributed by atoms with E-state index < -0.39 is 0 Å². The fraction of sp³-hybridized carbons (Fsp3) is 0.400. The van der Waals surface area contributed by atoms with Gasteiger partial charge in [0.15, 0.2) is 5.78 Å². The van der Waals surface area contributed by atoms with Crippen LogP contribution < -0.4 is 10.1 Å². The van der Waals surface area contributed by atoms with Crippen LogP contribution in [-0.4, -0.2) is 24.5 Å². The zero-order valence-electron chi connectivity index (χ0n) is 18.3. The lowest BCUT2D eigenvalue weighted by atomic mass is 9.96. The Morgan fingerprint density at radius 3 is 2.57 bits per heavy atom. The van der Waals surface area contributed by atoms with E-state index in [2.05, 4.69) is 26.1 Å². The van der Waals surface area contributed by atoms with Gasteiger partial charge in [0.25, 0.3) is 0 Å². The fourth-order valence-electron chi connectivity index (χ4n) is 3.33. The van der Waals surface area contributed by atoms with Gasteiger partial charge in [-0.2, -0.15) is 0 Å². The number of ketones is 1. The highest BCUT2D eigenvalue weighted by atomic mass is 35.5. The zero-order chi connectivity index (χ0) is 21.9. The zero-order valence-corrected chi connectivity index (χ0v) is 19.1. The molecule has 0 saturated heterocycles. The molecule has 160 valence electrons. The van der Waals surface area contributed by atoms with Gasteiger partial charge in [0.05, 0.1) is 17.2 Å². The minimum absolute atomic E-state index is 0.0890. The number of benzene rings is 2. The Kier molecular flexibility index (Phi) is 6.89. The van der Waals surface area contributed by atoms with Gasteiger partial charge in [-0.25, -0.2) is 0 Å². The van der Waals surface area contributed by atoms with Gasteiger partial charge in [-0.05, 0) is 58.0 Å². The summed E-state index contributed by atoms with van der Waals surface area (Å²) in [5.74, 6) is 1.29. The number of ether oxygens (including phenoxy) is 1. The number of halogens is 1. The van der Waals surface area contributed by atoms with Crippen LogP contribution in [0.25, 0.3) is 11.0 Å². The second-order valence-corrected chi connectivity index (χ2v) is 9.25. The summed E-state index contributed by atoms with van der Waals surface area (Å²) in [7, 11) is 0. The van der Waals surface area contributed by atoms with Crippen molar-refractivity contribution >= 4 is 28.4 Å². The second-order valence-electron chi connectivity index (χ2n) is 8.85. The first-order chi connectivity index (χ1) is 14.2. The number of furan rings is 1. The van der Waals surface area contributed by atoms with Crippen LogP contribution in [0.3, 0.4) is 0 Å². The average Bonchev–Trinajstić information content (AvgIpc) is 3.07. The Bertz CT molecular complexity index is 1030. The molecule has 0 aliphatic heterocycles. The van der Waals surface area contributed by atoms with Crippen LogP contribution >= 0.6 is 11.6 Å². The molecule has 1 aromatic heterocycles. The van der Waals surface area contributed by atoms with Crippen molar-refractivity contribution in [2.75, 3.05) is 13.2 Å². The number of hydrogen-bond donors (Lipinski definition) is 1. The number of fused-ring (bicyclic) bond motifs is 1. The molecular weight excluding hydrogens is 398 g/mol. The molecule has 0 bridgehead atoms. The lowest BCUT2D eigenvalue weighted by molar-refractivity contribution is 0.103. The van der Waals surface area contributed by atoms with Crippen molar-refractivity contribution in [3.63, 3.8) is 0 Å². The monoisotopic (exact) mass is 427 g/mol. The van der Waals surface area contributed by atoms with Crippen molar-refractivity contribution in [1.82, 2.24) is 5.32 Å². The molecule has 1 heterocycles. The molecular formula is C25H30ClNO3. The van der Waals surface area contributed by atoms with Crippen LogP contribution in [-0.2, 0) is 0 Å². The molecule has 0 atom stereocenters. The number of nitrogens with one attached hydrogen (secondary N) is 1. The summed E-state index contributed by atoms with van der Waals surface area (Å²) in [5, 5.41) is 4.69. The molecule has 0 aliphatic rings. The van der Waals surface area contributed by atoms with E-state index in [0.29, 0.717) is 34.3 Å². The molecule has 0 aliphatic carbocycles. The van der Waals surface area contributed by atoms with Crippen molar-refractivity contribution in [1.29, 1.82) is 0 Å². The summed E-state index contributed by atoms with van der Waals surface area (Å²) in [5.41, 5.74) is 1.94. The Morgan fingerprint density at radius 1 is 1.17 bits per heavy atom. The Morgan fingerprint density at radius 2 is 1.90 bits per heavy atom. The average molecular weight is 428 g/mol. The summed E-state index contributed by atoms with van der Waals surface area (Å²) in [4.78, 5) is 13.3. The summed E-state index contributed by atoms with van der Waals surface area (Å²) >= 11 is 6.42. The summed E-state index contributed by atoms with van der Waals surface area (Å²) in [6.07, 6.45) is 0.868. The highest BCUT2D eigenvalue weighted by molar-refractivity contribution is 6.32. The van der Waals surface area contributed by atoms with Gasteiger partial charge < -0.3 is 14.5 Å². The van der Waals surface area contributed by atoms with Gasteiger partial charge in [0.1, 0.15) is 17.1 Å². The topological polar surface area (TPSA) is 51.5 Å². The molecule has 0 saturated carbocycles. The van der Waals surface area contributed by atoms with Crippen LogP contribution in [0, 0.1) is 0 Å². The number of hydrogen-bond acceptors (Lipinski definition) is 4. The van der Waals surface area contributed by atoms with E-state index in [4.69, 9.17) is 20.8 Å². The van der Waals surface area contributed by atoms with Crippen LogP contribution in [0.2, 0.25) is 5.02 Å². The molecule has 0 unspecified atom stereocenters. The predicted molar refractivity (Wildman–Crippen MR) is 123 cm³/mol. The molecule has 3 rings (SSSR count). The first-order valence-electron chi connectivity index (χ1n) is 10.4. The van der Waals surface area contributed by atoms with Crippen molar-refractivity contribution in [2.24, 2.45) is 0 Å². The van der Waals surface area contributed by atoms with Crippen LogP contribution in [0.15, 0.2) is 46.9 Å². The van der Waals surface area contributed by atoms with Crippen molar-refractivity contribution < 1.29 is 13.9 Å². The van der Waals surface area contributed by atoms with E-state index in [0.717, 1.165) is 23.9 Å². The third-order valence-electron chi connectivity index (χ3n) is 4.80. The summed E-state index contributed by atoms with van der Waals surface area (Å²) < 4.78 is 11.8. The van der Waals surface area contributed by atoms with E-state index in [1.54, 1.807) is 18.2 Å². The standard InChI is InChI=1S/C25H30ClNO3/c1-16(2)24-22(18-9-6-7-10-20(18)30-24)23(28)17-11-12-21(19(26)15-17)29-14-8-13-27-25(3,4)5/h6-7,9-12,15-16,27H,8,13-14H2,1-5H3. The lowest BCUT2D eigenvalue weighted by Crippen LogP contribution is -2.36. The van der Waals surface area contributed by atoms with E-state index in [1.807, 2.05) is 38.1 Å². The van der Waals surface area contributed by atoms with E-state index in [1.165, 1.54) is 0 Å². The van der Waals surface area contributed by atoms with Gasteiger partial charge in [0, 0.05) is 22.4 Å². The molecule has 1 N–H and O–H groups in total. The van der Waals surface area contributed by atoms with E-state index >= 15 is 0 Å². The number of carbonyl (C=O) groups is 1. The number of rotatable bonds is 8. The minimum Gasteiger partial charge on any atom is -0.492 e. The maximum absolute atomic E-state index is 13.3. The normalized spacial score (nSPS) is 12.0.